The smallest absolute Gasteiger partial charge is 0.335 e. The minimum Gasteiger partial charge on any atom is -0.478 e. The second-order valence-electron chi connectivity index (χ2n) is 5.45. The maximum atomic E-state index is 10.8. The number of carboxylic acid groups (broad SMARTS) is 1. The van der Waals surface area contributed by atoms with Gasteiger partial charge in [0.05, 0.1) is 5.56 Å². The zero-order valence-electron chi connectivity index (χ0n) is 11.1. The summed E-state index contributed by atoms with van der Waals surface area (Å²) in [4.78, 5) is 13.1. The normalized spacial score (nSPS) is 16.8. The molecule has 2 rings (SSSR count). The Balaban J connectivity index is 1.89. The summed E-state index contributed by atoms with van der Waals surface area (Å²) in [6.45, 7) is 3.15. The maximum absolute atomic E-state index is 10.8. The van der Waals surface area contributed by atoms with Crippen LogP contribution >= 0.6 is 0 Å². The lowest BCUT2D eigenvalue weighted by Gasteiger charge is -2.24. The molecule has 3 heteroatoms. The molecule has 0 radical (unpaired) electrons. The molecular weight excluding hydrogens is 226 g/mol. The van der Waals surface area contributed by atoms with E-state index in [0.29, 0.717) is 11.6 Å². The fourth-order valence-corrected chi connectivity index (χ4v) is 2.21. The van der Waals surface area contributed by atoms with Crippen LogP contribution in [-0.2, 0) is 6.54 Å². The van der Waals surface area contributed by atoms with Gasteiger partial charge in [-0.15, -0.1) is 0 Å². The molecule has 1 aromatic rings. The maximum Gasteiger partial charge on any atom is 0.335 e. The highest BCUT2D eigenvalue weighted by Gasteiger charge is 2.25. The lowest BCUT2D eigenvalue weighted by Crippen LogP contribution is -2.28. The van der Waals surface area contributed by atoms with Crippen molar-refractivity contribution in [2.24, 2.45) is 5.92 Å². The molecule has 0 amide bonds. The van der Waals surface area contributed by atoms with E-state index in [9.17, 15) is 4.79 Å². The van der Waals surface area contributed by atoms with Crippen molar-refractivity contribution >= 4 is 5.97 Å². The topological polar surface area (TPSA) is 40.5 Å². The molecule has 0 spiro atoms. The second kappa shape index (κ2) is 5.53. The van der Waals surface area contributed by atoms with E-state index in [4.69, 9.17) is 5.11 Å². The molecule has 0 aliphatic heterocycles. The third-order valence-electron chi connectivity index (χ3n) is 3.76. The Morgan fingerprint density at radius 3 is 2.50 bits per heavy atom. The Labute approximate surface area is 108 Å². The number of nitrogens with zero attached hydrogens (tertiary/aromatic N) is 1. The van der Waals surface area contributed by atoms with Crippen LogP contribution in [0.4, 0.5) is 0 Å². The molecule has 1 aliphatic carbocycles. The molecule has 1 unspecified atom stereocenters. The Morgan fingerprint density at radius 2 is 2.00 bits per heavy atom. The number of benzene rings is 1. The zero-order chi connectivity index (χ0) is 13.1. The molecule has 18 heavy (non-hydrogen) atoms. The Hall–Kier alpha value is -1.35. The van der Waals surface area contributed by atoms with Crippen molar-refractivity contribution in [1.82, 2.24) is 4.90 Å². The lowest BCUT2D eigenvalue weighted by atomic mass is 10.1. The molecule has 0 heterocycles. The SMILES string of the molecule is CC(CC1CC1)N(C)Cc1ccc(C(=O)O)cc1. The summed E-state index contributed by atoms with van der Waals surface area (Å²) in [5.74, 6) is 0.0776. The van der Waals surface area contributed by atoms with Gasteiger partial charge >= 0.3 is 5.97 Å². The summed E-state index contributed by atoms with van der Waals surface area (Å²) in [5, 5.41) is 8.84. The van der Waals surface area contributed by atoms with Crippen LogP contribution in [0.1, 0.15) is 42.1 Å². The molecule has 0 aromatic heterocycles. The number of carboxylic acids is 1. The largest absolute Gasteiger partial charge is 0.478 e. The van der Waals surface area contributed by atoms with Gasteiger partial charge < -0.3 is 5.11 Å². The molecule has 0 bridgehead atoms. The van der Waals surface area contributed by atoms with Gasteiger partial charge in [0.1, 0.15) is 0 Å². The molecule has 1 fully saturated rings. The first-order chi connectivity index (χ1) is 8.56. The Kier molecular flexibility index (Phi) is 4.02. The molecule has 3 nitrogen and oxygen atoms in total. The minimum atomic E-state index is -0.864. The summed E-state index contributed by atoms with van der Waals surface area (Å²) in [7, 11) is 2.14. The quantitative estimate of drug-likeness (QED) is 0.840. The van der Waals surface area contributed by atoms with E-state index in [0.717, 1.165) is 12.5 Å². The lowest BCUT2D eigenvalue weighted by molar-refractivity contribution is 0.0697. The van der Waals surface area contributed by atoms with Gasteiger partial charge in [0.15, 0.2) is 0 Å². The van der Waals surface area contributed by atoms with E-state index >= 15 is 0 Å². The molecule has 1 N–H and O–H groups in total. The van der Waals surface area contributed by atoms with Crippen LogP contribution in [0.2, 0.25) is 0 Å². The Bertz CT molecular complexity index is 409. The molecule has 1 aliphatic rings. The second-order valence-corrected chi connectivity index (χ2v) is 5.45. The first kappa shape index (κ1) is 13.1. The highest BCUT2D eigenvalue weighted by atomic mass is 16.4. The van der Waals surface area contributed by atoms with E-state index in [-0.39, 0.29) is 0 Å². The predicted molar refractivity (Wildman–Crippen MR) is 71.7 cm³/mol. The molecule has 98 valence electrons. The highest BCUT2D eigenvalue weighted by molar-refractivity contribution is 5.87. The average Bonchev–Trinajstić information content (AvgIpc) is 3.13. The van der Waals surface area contributed by atoms with Crippen LogP contribution in [0.3, 0.4) is 0 Å². The van der Waals surface area contributed by atoms with E-state index in [2.05, 4.69) is 18.9 Å². The first-order valence-corrected chi connectivity index (χ1v) is 6.58. The first-order valence-electron chi connectivity index (χ1n) is 6.58. The van der Waals surface area contributed by atoms with Gasteiger partial charge in [-0.25, -0.2) is 4.79 Å². The van der Waals surface area contributed by atoms with Crippen molar-refractivity contribution in [3.05, 3.63) is 35.4 Å². The van der Waals surface area contributed by atoms with E-state index in [1.807, 2.05) is 12.1 Å². The fourth-order valence-electron chi connectivity index (χ4n) is 2.21. The predicted octanol–water partition coefficient (Wildman–Crippen LogP) is 3.01. The summed E-state index contributed by atoms with van der Waals surface area (Å²) >= 11 is 0. The van der Waals surface area contributed by atoms with Crippen LogP contribution in [-0.4, -0.2) is 29.1 Å². The molecular formula is C15H21NO2. The summed E-state index contributed by atoms with van der Waals surface area (Å²) in [5.41, 5.74) is 1.53. The van der Waals surface area contributed by atoms with Crippen molar-refractivity contribution in [2.75, 3.05) is 7.05 Å². The van der Waals surface area contributed by atoms with Gasteiger partial charge in [-0.1, -0.05) is 25.0 Å². The molecule has 0 saturated heterocycles. The van der Waals surface area contributed by atoms with Gasteiger partial charge in [0.2, 0.25) is 0 Å². The van der Waals surface area contributed by atoms with Crippen molar-refractivity contribution in [3.63, 3.8) is 0 Å². The standard InChI is InChI=1S/C15H21NO2/c1-11(9-12-3-4-12)16(2)10-13-5-7-14(8-6-13)15(17)18/h5-8,11-12H,3-4,9-10H2,1-2H3,(H,17,18). The number of hydrogen-bond acceptors (Lipinski definition) is 2. The van der Waals surface area contributed by atoms with Crippen LogP contribution in [0, 0.1) is 5.92 Å². The molecule has 1 saturated carbocycles. The van der Waals surface area contributed by atoms with Gasteiger partial charge in [-0.3, -0.25) is 4.90 Å². The summed E-state index contributed by atoms with van der Waals surface area (Å²) in [6.07, 6.45) is 4.07. The third kappa shape index (κ3) is 3.57. The van der Waals surface area contributed by atoms with Crippen LogP contribution in [0.25, 0.3) is 0 Å². The Morgan fingerprint density at radius 1 is 1.39 bits per heavy atom. The van der Waals surface area contributed by atoms with Gasteiger partial charge in [-0.05, 0) is 44.0 Å². The molecule has 1 atom stereocenters. The monoisotopic (exact) mass is 247 g/mol. The van der Waals surface area contributed by atoms with Gasteiger partial charge in [0.25, 0.3) is 0 Å². The zero-order valence-corrected chi connectivity index (χ0v) is 11.1. The average molecular weight is 247 g/mol. The van der Waals surface area contributed by atoms with Crippen molar-refractivity contribution in [3.8, 4) is 0 Å². The third-order valence-corrected chi connectivity index (χ3v) is 3.76. The highest BCUT2D eigenvalue weighted by Crippen LogP contribution is 2.34. The van der Waals surface area contributed by atoms with Crippen molar-refractivity contribution in [2.45, 2.75) is 38.8 Å². The van der Waals surface area contributed by atoms with E-state index < -0.39 is 5.97 Å². The number of aromatic carboxylic acids is 1. The van der Waals surface area contributed by atoms with E-state index in [1.165, 1.54) is 24.8 Å². The fraction of sp³-hybridized carbons (Fsp3) is 0.533. The van der Waals surface area contributed by atoms with Crippen molar-refractivity contribution in [1.29, 1.82) is 0 Å². The summed E-state index contributed by atoms with van der Waals surface area (Å²) < 4.78 is 0. The minimum absolute atomic E-state index is 0.354. The van der Waals surface area contributed by atoms with E-state index in [1.54, 1.807) is 12.1 Å². The molecule has 1 aromatic carbocycles. The van der Waals surface area contributed by atoms with Crippen LogP contribution < -0.4 is 0 Å². The van der Waals surface area contributed by atoms with Gasteiger partial charge in [0, 0.05) is 12.6 Å². The summed E-state index contributed by atoms with van der Waals surface area (Å²) in [6, 6.07) is 7.76. The van der Waals surface area contributed by atoms with Crippen LogP contribution in [0.5, 0.6) is 0 Å². The van der Waals surface area contributed by atoms with Gasteiger partial charge in [-0.2, -0.15) is 0 Å². The number of rotatable bonds is 6. The van der Waals surface area contributed by atoms with Crippen molar-refractivity contribution < 1.29 is 9.90 Å². The number of hydrogen-bond donors (Lipinski definition) is 1. The number of carbonyl (C=O) groups is 1. The van der Waals surface area contributed by atoms with Crippen LogP contribution in [0.15, 0.2) is 24.3 Å².